The van der Waals surface area contributed by atoms with Gasteiger partial charge in [0.25, 0.3) is 0 Å². The molecule has 20 heavy (non-hydrogen) atoms. The van der Waals surface area contributed by atoms with E-state index in [1.54, 1.807) is 0 Å². The molecule has 110 valence electrons. The summed E-state index contributed by atoms with van der Waals surface area (Å²) >= 11 is 0. The van der Waals surface area contributed by atoms with Crippen LogP contribution in [0.5, 0.6) is 0 Å². The van der Waals surface area contributed by atoms with E-state index >= 15 is 0 Å². The summed E-state index contributed by atoms with van der Waals surface area (Å²) < 4.78 is 26.1. The molecule has 1 aromatic rings. The van der Waals surface area contributed by atoms with E-state index in [-0.39, 0.29) is 18.0 Å². The first kappa shape index (κ1) is 14.9. The molecule has 0 unspecified atom stereocenters. The molecule has 0 saturated heterocycles. The van der Waals surface area contributed by atoms with Crippen LogP contribution in [0.25, 0.3) is 0 Å². The van der Waals surface area contributed by atoms with Gasteiger partial charge in [0.2, 0.25) is 5.91 Å². The molecule has 0 aliphatic heterocycles. The van der Waals surface area contributed by atoms with Gasteiger partial charge in [-0.15, -0.1) is 0 Å². The zero-order valence-electron chi connectivity index (χ0n) is 11.4. The van der Waals surface area contributed by atoms with Gasteiger partial charge in [-0.2, -0.15) is 0 Å². The highest BCUT2D eigenvalue weighted by Gasteiger charge is 2.13. The lowest BCUT2D eigenvalue weighted by atomic mass is 9.95. The molecular weight excluding hydrogens is 262 g/mol. The summed E-state index contributed by atoms with van der Waals surface area (Å²) in [6, 6.07) is 3.62. The van der Waals surface area contributed by atoms with Crippen LogP contribution in [0, 0.1) is 11.6 Å². The fourth-order valence-corrected chi connectivity index (χ4v) is 2.50. The average molecular weight is 282 g/mol. The SMILES string of the molecule is O=C(CCNC1CCCCC1)Nc1ccc(F)cc1F. The summed E-state index contributed by atoms with van der Waals surface area (Å²) in [5.74, 6) is -1.67. The molecule has 0 bridgehead atoms. The molecular formula is C15H20F2N2O. The van der Waals surface area contributed by atoms with Gasteiger partial charge in [0.05, 0.1) is 5.69 Å². The number of hydrogen-bond acceptors (Lipinski definition) is 2. The fraction of sp³-hybridized carbons (Fsp3) is 0.533. The Kier molecular flexibility index (Phi) is 5.47. The van der Waals surface area contributed by atoms with E-state index in [4.69, 9.17) is 0 Å². The zero-order chi connectivity index (χ0) is 14.4. The molecule has 1 amide bonds. The van der Waals surface area contributed by atoms with Crippen molar-refractivity contribution in [2.45, 2.75) is 44.6 Å². The van der Waals surface area contributed by atoms with Crippen LogP contribution >= 0.6 is 0 Å². The quantitative estimate of drug-likeness (QED) is 0.870. The predicted molar refractivity (Wildman–Crippen MR) is 74.5 cm³/mol. The molecule has 0 aromatic heterocycles. The van der Waals surface area contributed by atoms with Gasteiger partial charge in [0.15, 0.2) is 0 Å². The van der Waals surface area contributed by atoms with Crippen LogP contribution < -0.4 is 10.6 Å². The number of anilines is 1. The number of carbonyl (C=O) groups excluding carboxylic acids is 1. The normalized spacial score (nSPS) is 16.1. The highest BCUT2D eigenvalue weighted by Crippen LogP contribution is 2.17. The van der Waals surface area contributed by atoms with E-state index in [0.29, 0.717) is 12.6 Å². The molecule has 0 spiro atoms. The summed E-state index contributed by atoms with van der Waals surface area (Å²) in [6.07, 6.45) is 6.38. The molecule has 1 saturated carbocycles. The minimum atomic E-state index is -0.751. The van der Waals surface area contributed by atoms with Crippen LogP contribution in [0.15, 0.2) is 18.2 Å². The van der Waals surface area contributed by atoms with Crippen molar-refractivity contribution in [1.29, 1.82) is 0 Å². The smallest absolute Gasteiger partial charge is 0.225 e. The second kappa shape index (κ2) is 7.33. The molecule has 1 aliphatic carbocycles. The Morgan fingerprint density at radius 3 is 2.65 bits per heavy atom. The topological polar surface area (TPSA) is 41.1 Å². The number of amides is 1. The predicted octanol–water partition coefficient (Wildman–Crippen LogP) is 3.22. The van der Waals surface area contributed by atoms with Gasteiger partial charge >= 0.3 is 0 Å². The number of benzene rings is 1. The Balaban J connectivity index is 1.72. The lowest BCUT2D eigenvalue weighted by Crippen LogP contribution is -2.33. The maximum Gasteiger partial charge on any atom is 0.225 e. The molecule has 5 heteroatoms. The van der Waals surface area contributed by atoms with Crippen molar-refractivity contribution in [3.8, 4) is 0 Å². The third-order valence-electron chi connectivity index (χ3n) is 3.60. The first-order valence-corrected chi connectivity index (χ1v) is 7.13. The van der Waals surface area contributed by atoms with Crippen molar-refractivity contribution in [2.24, 2.45) is 0 Å². The lowest BCUT2D eigenvalue weighted by Gasteiger charge is -2.22. The molecule has 1 aromatic carbocycles. The van der Waals surface area contributed by atoms with Crippen molar-refractivity contribution >= 4 is 11.6 Å². The van der Waals surface area contributed by atoms with Gasteiger partial charge in [0, 0.05) is 25.1 Å². The van der Waals surface area contributed by atoms with Crippen LogP contribution in [0.1, 0.15) is 38.5 Å². The molecule has 2 rings (SSSR count). The van der Waals surface area contributed by atoms with E-state index in [0.717, 1.165) is 25.0 Å². The van der Waals surface area contributed by atoms with E-state index in [1.165, 1.54) is 25.3 Å². The van der Waals surface area contributed by atoms with Crippen molar-refractivity contribution < 1.29 is 13.6 Å². The second-order valence-corrected chi connectivity index (χ2v) is 5.21. The van der Waals surface area contributed by atoms with Crippen molar-refractivity contribution in [3.63, 3.8) is 0 Å². The molecule has 0 atom stereocenters. The third-order valence-corrected chi connectivity index (χ3v) is 3.60. The summed E-state index contributed by atoms with van der Waals surface area (Å²) in [4.78, 5) is 11.7. The highest BCUT2D eigenvalue weighted by atomic mass is 19.1. The van der Waals surface area contributed by atoms with Gasteiger partial charge in [-0.05, 0) is 25.0 Å². The monoisotopic (exact) mass is 282 g/mol. The summed E-state index contributed by atoms with van der Waals surface area (Å²) in [5, 5.41) is 5.80. The number of hydrogen-bond donors (Lipinski definition) is 2. The average Bonchev–Trinajstić information content (AvgIpc) is 2.43. The molecule has 1 aliphatic rings. The Labute approximate surface area is 117 Å². The third kappa shape index (κ3) is 4.56. The van der Waals surface area contributed by atoms with Gasteiger partial charge in [0.1, 0.15) is 11.6 Å². The largest absolute Gasteiger partial charge is 0.324 e. The number of carbonyl (C=O) groups is 1. The van der Waals surface area contributed by atoms with Crippen molar-refractivity contribution in [1.82, 2.24) is 5.32 Å². The van der Waals surface area contributed by atoms with Gasteiger partial charge in [-0.25, -0.2) is 8.78 Å². The Bertz CT molecular complexity index is 459. The van der Waals surface area contributed by atoms with Gasteiger partial charge in [-0.3, -0.25) is 4.79 Å². The van der Waals surface area contributed by atoms with Crippen LogP contribution in [0.4, 0.5) is 14.5 Å². The molecule has 0 radical (unpaired) electrons. The minimum Gasteiger partial charge on any atom is -0.324 e. The summed E-state index contributed by atoms with van der Waals surface area (Å²) in [5.41, 5.74) is 0.0223. The van der Waals surface area contributed by atoms with E-state index in [2.05, 4.69) is 10.6 Å². The van der Waals surface area contributed by atoms with Crippen LogP contribution in [-0.2, 0) is 4.79 Å². The Morgan fingerprint density at radius 1 is 1.20 bits per heavy atom. The first-order chi connectivity index (χ1) is 9.65. The lowest BCUT2D eigenvalue weighted by molar-refractivity contribution is -0.116. The van der Waals surface area contributed by atoms with Crippen LogP contribution in [0.2, 0.25) is 0 Å². The number of rotatable bonds is 5. The van der Waals surface area contributed by atoms with Gasteiger partial charge in [-0.1, -0.05) is 19.3 Å². The number of halogens is 2. The van der Waals surface area contributed by atoms with Gasteiger partial charge < -0.3 is 10.6 Å². The zero-order valence-corrected chi connectivity index (χ0v) is 11.4. The maximum atomic E-state index is 13.4. The molecule has 3 nitrogen and oxygen atoms in total. The van der Waals surface area contributed by atoms with E-state index in [9.17, 15) is 13.6 Å². The second-order valence-electron chi connectivity index (χ2n) is 5.21. The number of nitrogens with one attached hydrogen (secondary N) is 2. The standard InChI is InChI=1S/C15H20F2N2O/c16-11-6-7-14(13(17)10-11)19-15(20)8-9-18-12-4-2-1-3-5-12/h6-7,10,12,18H,1-5,8-9H2,(H,19,20). The molecule has 2 N–H and O–H groups in total. The van der Waals surface area contributed by atoms with Crippen LogP contribution in [0.3, 0.4) is 0 Å². The van der Waals surface area contributed by atoms with E-state index < -0.39 is 11.6 Å². The first-order valence-electron chi connectivity index (χ1n) is 7.13. The molecule has 1 fully saturated rings. The van der Waals surface area contributed by atoms with Crippen molar-refractivity contribution in [2.75, 3.05) is 11.9 Å². The Hall–Kier alpha value is -1.49. The fourth-order valence-electron chi connectivity index (χ4n) is 2.50. The highest BCUT2D eigenvalue weighted by molar-refractivity contribution is 5.90. The maximum absolute atomic E-state index is 13.4. The Morgan fingerprint density at radius 2 is 1.95 bits per heavy atom. The van der Waals surface area contributed by atoms with Crippen LogP contribution in [-0.4, -0.2) is 18.5 Å². The van der Waals surface area contributed by atoms with E-state index in [1.807, 2.05) is 0 Å². The summed E-state index contributed by atoms with van der Waals surface area (Å²) in [6.45, 7) is 0.583. The summed E-state index contributed by atoms with van der Waals surface area (Å²) in [7, 11) is 0. The minimum absolute atomic E-state index is 0.0223. The molecule has 0 heterocycles. The van der Waals surface area contributed by atoms with Crippen molar-refractivity contribution in [3.05, 3.63) is 29.8 Å².